The van der Waals surface area contributed by atoms with Crippen LogP contribution in [0.3, 0.4) is 0 Å². The van der Waals surface area contributed by atoms with Crippen molar-refractivity contribution in [1.82, 2.24) is 0 Å². The maximum atomic E-state index is 10.4. The maximum Gasteiger partial charge on any atom is 0.320 e. The topological polar surface area (TPSA) is 83.5 Å². The van der Waals surface area contributed by atoms with Crippen LogP contribution in [0.5, 0.6) is 5.75 Å². The molecule has 0 aliphatic carbocycles. The Morgan fingerprint density at radius 1 is 1.38 bits per heavy atom. The zero-order valence-corrected chi connectivity index (χ0v) is 9.61. The molecule has 0 fully saturated rings. The van der Waals surface area contributed by atoms with E-state index in [4.69, 9.17) is 15.9 Å². The third-order valence-electron chi connectivity index (χ3n) is 2.10. The van der Waals surface area contributed by atoms with Crippen molar-refractivity contribution in [1.29, 1.82) is 0 Å². The third-order valence-corrected chi connectivity index (χ3v) is 3.16. The number of phenols is 1. The Morgan fingerprint density at radius 3 is 2.56 bits per heavy atom. The van der Waals surface area contributed by atoms with Gasteiger partial charge in [0.15, 0.2) is 0 Å². The highest BCUT2D eigenvalue weighted by Gasteiger charge is 2.10. The Morgan fingerprint density at radius 2 is 2.00 bits per heavy atom. The molecule has 0 spiro atoms. The van der Waals surface area contributed by atoms with Crippen LogP contribution in [-0.4, -0.2) is 28.0 Å². The second kappa shape index (κ2) is 6.40. The molecule has 0 aliphatic rings. The molecule has 0 saturated carbocycles. The van der Waals surface area contributed by atoms with E-state index in [1.807, 2.05) is 12.1 Å². The number of benzene rings is 1. The van der Waals surface area contributed by atoms with Gasteiger partial charge in [0.2, 0.25) is 0 Å². The van der Waals surface area contributed by atoms with Crippen LogP contribution in [0, 0.1) is 0 Å². The molecule has 4 nitrogen and oxygen atoms in total. The van der Waals surface area contributed by atoms with Gasteiger partial charge in [-0.15, -0.1) is 0 Å². The fraction of sp³-hybridized carbons (Fsp3) is 0.364. The van der Waals surface area contributed by atoms with Crippen molar-refractivity contribution < 1.29 is 15.0 Å². The summed E-state index contributed by atoms with van der Waals surface area (Å²) in [6.45, 7) is 0. The number of aliphatic carboxylic acids is 1. The lowest BCUT2D eigenvalue weighted by molar-refractivity contribution is -0.138. The lowest BCUT2D eigenvalue weighted by atomic mass is 10.2. The lowest BCUT2D eigenvalue weighted by Crippen LogP contribution is -2.30. The summed E-state index contributed by atoms with van der Waals surface area (Å²) >= 11 is 1.63. The largest absolute Gasteiger partial charge is 0.508 e. The van der Waals surface area contributed by atoms with E-state index in [0.29, 0.717) is 12.2 Å². The first-order valence-electron chi connectivity index (χ1n) is 4.93. The Bertz CT molecular complexity index is 340. The molecular formula is C11H15NO3S. The van der Waals surface area contributed by atoms with E-state index in [9.17, 15) is 4.79 Å². The molecule has 0 amide bonds. The number of thioether (sulfide) groups is 1. The molecule has 0 saturated heterocycles. The Labute approximate surface area is 98.5 Å². The van der Waals surface area contributed by atoms with Crippen molar-refractivity contribution in [2.24, 2.45) is 5.73 Å². The lowest BCUT2D eigenvalue weighted by Gasteiger charge is -2.05. The quantitative estimate of drug-likeness (QED) is 0.656. The van der Waals surface area contributed by atoms with Crippen LogP contribution in [0.1, 0.15) is 12.0 Å². The number of rotatable bonds is 6. The van der Waals surface area contributed by atoms with Gasteiger partial charge in [-0.05, 0) is 29.9 Å². The van der Waals surface area contributed by atoms with Crippen LogP contribution in [0.25, 0.3) is 0 Å². The molecule has 0 bridgehead atoms. The van der Waals surface area contributed by atoms with Gasteiger partial charge in [-0.1, -0.05) is 12.1 Å². The van der Waals surface area contributed by atoms with Gasteiger partial charge < -0.3 is 15.9 Å². The molecule has 88 valence electrons. The summed E-state index contributed by atoms with van der Waals surface area (Å²) in [5.74, 6) is 0.813. The first kappa shape index (κ1) is 12.9. The number of nitrogens with two attached hydrogens (primary N) is 1. The number of carboxylic acid groups (broad SMARTS) is 1. The Balaban J connectivity index is 2.21. The molecule has 0 aliphatic heterocycles. The predicted molar refractivity (Wildman–Crippen MR) is 64.5 cm³/mol. The number of hydrogen-bond acceptors (Lipinski definition) is 4. The van der Waals surface area contributed by atoms with Crippen molar-refractivity contribution in [2.75, 3.05) is 5.75 Å². The molecule has 1 aromatic carbocycles. The number of phenolic OH excluding ortho intramolecular Hbond substituents is 1. The normalized spacial score (nSPS) is 12.3. The molecule has 1 aromatic rings. The molecular weight excluding hydrogens is 226 g/mol. The van der Waals surface area contributed by atoms with Gasteiger partial charge in [0, 0.05) is 5.75 Å². The van der Waals surface area contributed by atoms with E-state index in [-0.39, 0.29) is 5.75 Å². The summed E-state index contributed by atoms with van der Waals surface area (Å²) in [7, 11) is 0. The van der Waals surface area contributed by atoms with E-state index in [1.165, 1.54) is 0 Å². The van der Waals surface area contributed by atoms with Crippen LogP contribution in [0.4, 0.5) is 0 Å². The monoisotopic (exact) mass is 241 g/mol. The highest BCUT2D eigenvalue weighted by molar-refractivity contribution is 7.98. The highest BCUT2D eigenvalue weighted by Crippen LogP contribution is 2.16. The zero-order valence-electron chi connectivity index (χ0n) is 8.80. The second-order valence-corrected chi connectivity index (χ2v) is 4.56. The van der Waals surface area contributed by atoms with Crippen LogP contribution >= 0.6 is 11.8 Å². The summed E-state index contributed by atoms with van der Waals surface area (Å²) in [6, 6.07) is 6.20. The van der Waals surface area contributed by atoms with Crippen molar-refractivity contribution in [3.8, 4) is 5.75 Å². The minimum absolute atomic E-state index is 0.252. The average Bonchev–Trinajstić information content (AvgIpc) is 2.26. The Kier molecular flexibility index (Phi) is 5.14. The smallest absolute Gasteiger partial charge is 0.320 e. The van der Waals surface area contributed by atoms with Gasteiger partial charge in [-0.25, -0.2) is 0 Å². The van der Waals surface area contributed by atoms with Crippen molar-refractivity contribution in [3.63, 3.8) is 0 Å². The number of hydrogen-bond donors (Lipinski definition) is 3. The fourth-order valence-corrected chi connectivity index (χ4v) is 2.11. The van der Waals surface area contributed by atoms with Crippen LogP contribution in [-0.2, 0) is 10.5 Å². The van der Waals surface area contributed by atoms with Gasteiger partial charge in [0.25, 0.3) is 0 Å². The minimum atomic E-state index is -0.953. The first-order valence-corrected chi connectivity index (χ1v) is 6.09. The van der Waals surface area contributed by atoms with E-state index in [1.54, 1.807) is 23.9 Å². The predicted octanol–water partition coefficient (Wildman–Crippen LogP) is 1.43. The van der Waals surface area contributed by atoms with Crippen LogP contribution < -0.4 is 5.73 Å². The standard InChI is InChI=1S/C11H15NO3S/c12-10(11(14)15)5-6-16-7-8-1-3-9(13)4-2-8/h1-4,10,13H,5-7,12H2,(H,14,15)/t10-/m0/s1. The second-order valence-electron chi connectivity index (χ2n) is 3.45. The summed E-state index contributed by atoms with van der Waals surface area (Å²) < 4.78 is 0. The highest BCUT2D eigenvalue weighted by atomic mass is 32.2. The van der Waals surface area contributed by atoms with E-state index in [0.717, 1.165) is 11.3 Å². The Hall–Kier alpha value is -1.20. The van der Waals surface area contributed by atoms with E-state index in [2.05, 4.69) is 0 Å². The molecule has 4 N–H and O–H groups in total. The van der Waals surface area contributed by atoms with Crippen LogP contribution in [0.2, 0.25) is 0 Å². The number of aromatic hydroxyl groups is 1. The van der Waals surface area contributed by atoms with Crippen molar-refractivity contribution in [2.45, 2.75) is 18.2 Å². The summed E-state index contributed by atoms with van der Waals surface area (Å²) in [5, 5.41) is 17.6. The third kappa shape index (κ3) is 4.55. The van der Waals surface area contributed by atoms with Crippen LogP contribution in [0.15, 0.2) is 24.3 Å². The van der Waals surface area contributed by atoms with Gasteiger partial charge in [-0.3, -0.25) is 4.79 Å². The van der Waals surface area contributed by atoms with Crippen molar-refractivity contribution >= 4 is 17.7 Å². The molecule has 0 heterocycles. The molecule has 16 heavy (non-hydrogen) atoms. The molecule has 0 unspecified atom stereocenters. The first-order chi connectivity index (χ1) is 7.59. The molecule has 1 rings (SSSR count). The average molecular weight is 241 g/mol. The summed E-state index contributed by atoms with van der Waals surface area (Å²) in [6.07, 6.45) is 0.470. The minimum Gasteiger partial charge on any atom is -0.508 e. The van der Waals surface area contributed by atoms with Gasteiger partial charge in [0.05, 0.1) is 0 Å². The molecule has 0 radical (unpaired) electrons. The molecule has 0 aromatic heterocycles. The van der Waals surface area contributed by atoms with E-state index >= 15 is 0 Å². The fourth-order valence-electron chi connectivity index (χ4n) is 1.12. The molecule has 1 atom stereocenters. The number of carbonyl (C=O) groups is 1. The zero-order chi connectivity index (χ0) is 12.0. The summed E-state index contributed by atoms with van der Waals surface area (Å²) in [4.78, 5) is 10.4. The number of carboxylic acids is 1. The van der Waals surface area contributed by atoms with Crippen molar-refractivity contribution in [3.05, 3.63) is 29.8 Å². The summed E-state index contributed by atoms with van der Waals surface area (Å²) in [5.41, 5.74) is 6.47. The van der Waals surface area contributed by atoms with Gasteiger partial charge >= 0.3 is 5.97 Å². The maximum absolute atomic E-state index is 10.4. The van der Waals surface area contributed by atoms with Gasteiger partial charge in [-0.2, -0.15) is 11.8 Å². The van der Waals surface area contributed by atoms with E-state index < -0.39 is 12.0 Å². The SMILES string of the molecule is N[C@@H](CCSCc1ccc(O)cc1)C(=O)O. The van der Waals surface area contributed by atoms with Gasteiger partial charge in [0.1, 0.15) is 11.8 Å². The molecule has 5 heteroatoms.